The molecule has 0 aromatic carbocycles. The number of carbonyl (C=O) groups is 1. The molecule has 0 radical (unpaired) electrons. The first-order chi connectivity index (χ1) is 10.1. The summed E-state index contributed by atoms with van der Waals surface area (Å²) in [6.07, 6.45) is 14.1. The number of rotatable bonds is 3. The maximum atomic E-state index is 12.3. The van der Waals surface area contributed by atoms with Gasteiger partial charge in [-0.15, -0.1) is 0 Å². The molecule has 4 bridgehead atoms. The first kappa shape index (κ1) is 14.1. The van der Waals surface area contributed by atoms with Crippen LogP contribution in [0.1, 0.15) is 77.6 Å². The molecule has 5 aliphatic carbocycles. The fourth-order valence-electron chi connectivity index (χ4n) is 6.78. The molecule has 0 amide bonds. The number of esters is 1. The molecule has 0 aliphatic heterocycles. The second kappa shape index (κ2) is 4.99. The van der Waals surface area contributed by atoms with Gasteiger partial charge in [0.25, 0.3) is 0 Å². The minimum absolute atomic E-state index is 0.121. The molecule has 5 saturated carbocycles. The molecule has 118 valence electrons. The van der Waals surface area contributed by atoms with Crippen molar-refractivity contribution in [2.75, 3.05) is 6.61 Å². The van der Waals surface area contributed by atoms with E-state index in [1.165, 1.54) is 57.8 Å². The molecule has 0 spiro atoms. The van der Waals surface area contributed by atoms with Crippen molar-refractivity contribution in [3.8, 4) is 0 Å². The maximum Gasteiger partial charge on any atom is 0.308 e. The highest BCUT2D eigenvalue weighted by Gasteiger charge is 2.56. The summed E-state index contributed by atoms with van der Waals surface area (Å²) in [5.74, 6) is 2.17. The Morgan fingerprint density at radius 2 is 1.71 bits per heavy atom. The van der Waals surface area contributed by atoms with Crippen LogP contribution in [0.3, 0.4) is 0 Å². The second-order valence-corrected chi connectivity index (χ2v) is 9.21. The van der Waals surface area contributed by atoms with Crippen molar-refractivity contribution in [1.82, 2.24) is 0 Å². The molecular weight excluding hydrogens is 260 g/mol. The van der Waals surface area contributed by atoms with E-state index in [-0.39, 0.29) is 11.9 Å². The highest BCUT2D eigenvalue weighted by Crippen LogP contribution is 2.65. The van der Waals surface area contributed by atoms with E-state index in [4.69, 9.17) is 4.74 Å². The van der Waals surface area contributed by atoms with Gasteiger partial charge >= 0.3 is 5.97 Å². The Bertz CT molecular complexity index is 407. The third-order valence-electron chi connectivity index (χ3n) is 6.93. The Morgan fingerprint density at radius 1 is 1.05 bits per heavy atom. The summed E-state index contributed by atoms with van der Waals surface area (Å²) in [4.78, 5) is 12.3. The average molecular weight is 290 g/mol. The van der Waals surface area contributed by atoms with Crippen LogP contribution in [-0.4, -0.2) is 12.6 Å². The van der Waals surface area contributed by atoms with E-state index in [2.05, 4.69) is 6.92 Å². The molecule has 2 atom stereocenters. The zero-order valence-electron chi connectivity index (χ0n) is 13.5. The van der Waals surface area contributed by atoms with Gasteiger partial charge in [0.1, 0.15) is 0 Å². The maximum absolute atomic E-state index is 12.3. The summed E-state index contributed by atoms with van der Waals surface area (Å²) in [5, 5.41) is 0. The average Bonchev–Trinajstić information content (AvgIpc) is 2.43. The zero-order chi connectivity index (χ0) is 14.5. The number of ether oxygens (including phenoxy) is 1. The summed E-state index contributed by atoms with van der Waals surface area (Å²) >= 11 is 0. The Labute approximate surface area is 129 Å². The molecule has 21 heavy (non-hydrogen) atoms. The predicted molar refractivity (Wildman–Crippen MR) is 82.8 cm³/mol. The Hall–Kier alpha value is -0.530. The summed E-state index contributed by atoms with van der Waals surface area (Å²) < 4.78 is 5.87. The minimum Gasteiger partial charge on any atom is -0.465 e. The van der Waals surface area contributed by atoms with Crippen LogP contribution in [0.2, 0.25) is 0 Å². The van der Waals surface area contributed by atoms with E-state index >= 15 is 0 Å². The second-order valence-electron chi connectivity index (χ2n) is 9.21. The highest BCUT2D eigenvalue weighted by atomic mass is 16.5. The van der Waals surface area contributed by atoms with E-state index in [1.54, 1.807) is 0 Å². The van der Waals surface area contributed by atoms with Crippen LogP contribution in [-0.2, 0) is 9.53 Å². The van der Waals surface area contributed by atoms with E-state index < -0.39 is 0 Å². The predicted octanol–water partition coefficient (Wildman–Crippen LogP) is 4.72. The van der Waals surface area contributed by atoms with Gasteiger partial charge in [0, 0.05) is 5.41 Å². The summed E-state index contributed by atoms with van der Waals surface area (Å²) in [6.45, 7) is 3.22. The monoisotopic (exact) mass is 290 g/mol. The van der Waals surface area contributed by atoms with Gasteiger partial charge in [-0.1, -0.05) is 26.2 Å². The molecule has 5 aliphatic rings. The smallest absolute Gasteiger partial charge is 0.308 e. The Morgan fingerprint density at radius 3 is 2.33 bits per heavy atom. The van der Waals surface area contributed by atoms with E-state index in [9.17, 15) is 4.79 Å². The first-order valence-corrected chi connectivity index (χ1v) is 9.23. The largest absolute Gasteiger partial charge is 0.465 e. The van der Waals surface area contributed by atoms with Gasteiger partial charge < -0.3 is 4.74 Å². The van der Waals surface area contributed by atoms with E-state index in [0.717, 1.165) is 31.3 Å². The molecule has 0 aromatic heterocycles. The lowest BCUT2D eigenvalue weighted by Gasteiger charge is -2.61. The molecular formula is C19H30O2. The van der Waals surface area contributed by atoms with Crippen molar-refractivity contribution in [1.29, 1.82) is 0 Å². The molecule has 2 unspecified atom stereocenters. The van der Waals surface area contributed by atoms with Crippen molar-refractivity contribution < 1.29 is 9.53 Å². The quantitative estimate of drug-likeness (QED) is 0.703. The molecule has 5 fully saturated rings. The van der Waals surface area contributed by atoms with Crippen LogP contribution in [0.4, 0.5) is 0 Å². The zero-order valence-corrected chi connectivity index (χ0v) is 13.5. The number of hydrogen-bond donors (Lipinski definition) is 0. The van der Waals surface area contributed by atoms with Gasteiger partial charge in [-0.05, 0) is 68.6 Å². The molecule has 2 nitrogen and oxygen atoms in total. The Kier molecular flexibility index (Phi) is 3.35. The van der Waals surface area contributed by atoms with Crippen LogP contribution >= 0.6 is 0 Å². The SMILES string of the molecule is CC12CC3CC(C1)CC(COC(=O)C1CCCCC1)(C3)C2. The lowest BCUT2D eigenvalue weighted by molar-refractivity contribution is -0.167. The molecule has 0 N–H and O–H groups in total. The standard InChI is InChI=1S/C19H30O2/c1-18-8-14-7-15(9-18)11-19(10-14,12-18)13-21-17(20)16-5-3-2-4-6-16/h14-16H,2-13H2,1H3. The van der Waals surface area contributed by atoms with Crippen molar-refractivity contribution in [2.45, 2.75) is 77.6 Å². The van der Waals surface area contributed by atoms with Crippen molar-refractivity contribution in [3.63, 3.8) is 0 Å². The topological polar surface area (TPSA) is 26.3 Å². The third kappa shape index (κ3) is 2.64. The molecule has 2 heteroatoms. The lowest BCUT2D eigenvalue weighted by atomic mass is 9.45. The van der Waals surface area contributed by atoms with Gasteiger partial charge in [0.05, 0.1) is 12.5 Å². The highest BCUT2D eigenvalue weighted by molar-refractivity contribution is 5.72. The first-order valence-electron chi connectivity index (χ1n) is 9.23. The van der Waals surface area contributed by atoms with Crippen LogP contribution in [0, 0.1) is 28.6 Å². The van der Waals surface area contributed by atoms with Crippen LogP contribution in [0.25, 0.3) is 0 Å². The molecule has 5 rings (SSSR count). The van der Waals surface area contributed by atoms with Gasteiger partial charge in [-0.25, -0.2) is 0 Å². The normalized spacial score (nSPS) is 45.8. The summed E-state index contributed by atoms with van der Waals surface area (Å²) in [5.41, 5.74) is 0.907. The summed E-state index contributed by atoms with van der Waals surface area (Å²) in [6, 6.07) is 0. The molecule has 0 heterocycles. The van der Waals surface area contributed by atoms with E-state index in [0.29, 0.717) is 10.8 Å². The summed E-state index contributed by atoms with van der Waals surface area (Å²) in [7, 11) is 0. The fourth-order valence-corrected chi connectivity index (χ4v) is 6.78. The van der Waals surface area contributed by atoms with Crippen molar-refractivity contribution in [2.24, 2.45) is 28.6 Å². The van der Waals surface area contributed by atoms with Crippen LogP contribution in [0.5, 0.6) is 0 Å². The third-order valence-corrected chi connectivity index (χ3v) is 6.93. The minimum atomic E-state index is 0.121. The van der Waals surface area contributed by atoms with Gasteiger partial charge in [0.15, 0.2) is 0 Å². The van der Waals surface area contributed by atoms with Crippen molar-refractivity contribution in [3.05, 3.63) is 0 Å². The number of carbonyl (C=O) groups excluding carboxylic acids is 1. The van der Waals surface area contributed by atoms with Gasteiger partial charge in [-0.2, -0.15) is 0 Å². The van der Waals surface area contributed by atoms with Gasteiger partial charge in [0.2, 0.25) is 0 Å². The lowest BCUT2D eigenvalue weighted by Crippen LogP contribution is -2.52. The van der Waals surface area contributed by atoms with Gasteiger partial charge in [-0.3, -0.25) is 4.79 Å². The molecule has 0 saturated heterocycles. The fraction of sp³-hybridized carbons (Fsp3) is 0.947. The van der Waals surface area contributed by atoms with Crippen LogP contribution in [0.15, 0.2) is 0 Å². The van der Waals surface area contributed by atoms with Crippen LogP contribution < -0.4 is 0 Å². The van der Waals surface area contributed by atoms with Crippen molar-refractivity contribution >= 4 is 5.97 Å². The van der Waals surface area contributed by atoms with E-state index in [1.807, 2.05) is 0 Å². The Balaban J connectivity index is 1.39. The number of hydrogen-bond acceptors (Lipinski definition) is 2. The molecule has 0 aromatic rings.